The molecule has 0 saturated carbocycles. The smallest absolute Gasteiger partial charge is 0.265 e. The summed E-state index contributed by atoms with van der Waals surface area (Å²) in [6.07, 6.45) is 0. The van der Waals surface area contributed by atoms with E-state index in [0.29, 0.717) is 0 Å². The number of benzene rings is 2. The minimum atomic E-state index is -3.97. The minimum absolute atomic E-state index is 0.0191. The predicted molar refractivity (Wildman–Crippen MR) is 86.2 cm³/mol. The molecule has 7 heteroatoms. The SMILES string of the molecule is COc1ccc(F)cc1NS(=O)(=O)c1cc(C)c(C)cc1OC. The number of hydrogen-bond donors (Lipinski definition) is 1. The number of ether oxygens (including phenoxy) is 2. The fraction of sp³-hybridized carbons (Fsp3) is 0.250. The van der Waals surface area contributed by atoms with Crippen molar-refractivity contribution in [3.05, 3.63) is 47.3 Å². The minimum Gasteiger partial charge on any atom is -0.495 e. The van der Waals surface area contributed by atoms with Crippen molar-refractivity contribution in [1.82, 2.24) is 0 Å². The summed E-state index contributed by atoms with van der Waals surface area (Å²) in [5.74, 6) is -0.135. The molecule has 0 aromatic heterocycles. The van der Waals surface area contributed by atoms with Gasteiger partial charge in [-0.3, -0.25) is 4.72 Å². The average Bonchev–Trinajstić information content (AvgIpc) is 2.49. The molecule has 1 N–H and O–H groups in total. The largest absolute Gasteiger partial charge is 0.495 e. The van der Waals surface area contributed by atoms with Crippen LogP contribution in [0.2, 0.25) is 0 Å². The summed E-state index contributed by atoms with van der Waals surface area (Å²) in [4.78, 5) is -0.0191. The van der Waals surface area contributed by atoms with Crippen molar-refractivity contribution in [2.75, 3.05) is 18.9 Å². The van der Waals surface area contributed by atoms with Gasteiger partial charge in [0.25, 0.3) is 10.0 Å². The highest BCUT2D eigenvalue weighted by Crippen LogP contribution is 2.32. The van der Waals surface area contributed by atoms with Gasteiger partial charge in [-0.05, 0) is 49.2 Å². The van der Waals surface area contributed by atoms with Crippen LogP contribution in [0.3, 0.4) is 0 Å². The zero-order chi connectivity index (χ0) is 17.2. The van der Waals surface area contributed by atoms with E-state index in [9.17, 15) is 12.8 Å². The molecule has 0 unspecified atom stereocenters. The van der Waals surface area contributed by atoms with Crippen molar-refractivity contribution in [3.63, 3.8) is 0 Å². The van der Waals surface area contributed by atoms with Crippen molar-refractivity contribution >= 4 is 15.7 Å². The van der Waals surface area contributed by atoms with E-state index in [2.05, 4.69) is 4.72 Å². The van der Waals surface area contributed by atoms with Crippen LogP contribution < -0.4 is 14.2 Å². The summed E-state index contributed by atoms with van der Waals surface area (Å²) in [6.45, 7) is 3.66. The van der Waals surface area contributed by atoms with E-state index >= 15 is 0 Å². The van der Waals surface area contributed by atoms with E-state index in [1.165, 1.54) is 32.4 Å². The topological polar surface area (TPSA) is 64.6 Å². The summed E-state index contributed by atoms with van der Waals surface area (Å²) >= 11 is 0. The van der Waals surface area contributed by atoms with Gasteiger partial charge in [-0.25, -0.2) is 12.8 Å². The van der Waals surface area contributed by atoms with Gasteiger partial charge in [0.05, 0.1) is 19.9 Å². The Hall–Kier alpha value is -2.28. The molecule has 0 bridgehead atoms. The molecule has 124 valence electrons. The van der Waals surface area contributed by atoms with E-state index in [1.807, 2.05) is 6.92 Å². The van der Waals surface area contributed by atoms with Crippen molar-refractivity contribution in [2.24, 2.45) is 0 Å². The first-order valence-corrected chi connectivity index (χ1v) is 8.28. The van der Waals surface area contributed by atoms with Gasteiger partial charge in [0, 0.05) is 6.07 Å². The molecule has 0 radical (unpaired) electrons. The van der Waals surface area contributed by atoms with Crippen LogP contribution in [-0.4, -0.2) is 22.6 Å². The van der Waals surface area contributed by atoms with Gasteiger partial charge < -0.3 is 9.47 Å². The van der Waals surface area contributed by atoms with Gasteiger partial charge in [0.15, 0.2) is 0 Å². The Bertz CT molecular complexity index is 834. The first-order chi connectivity index (χ1) is 10.8. The molecular formula is C16H18FNO4S. The molecule has 0 spiro atoms. The third-order valence-corrected chi connectivity index (χ3v) is 4.86. The van der Waals surface area contributed by atoms with E-state index in [0.717, 1.165) is 17.2 Å². The molecule has 0 atom stereocenters. The van der Waals surface area contributed by atoms with Crippen LogP contribution in [0.4, 0.5) is 10.1 Å². The van der Waals surface area contributed by atoms with Crippen LogP contribution in [0.1, 0.15) is 11.1 Å². The molecule has 23 heavy (non-hydrogen) atoms. The molecule has 0 aliphatic rings. The first kappa shape index (κ1) is 17.1. The highest BCUT2D eigenvalue weighted by atomic mass is 32.2. The third-order valence-electron chi connectivity index (χ3n) is 3.48. The lowest BCUT2D eigenvalue weighted by Crippen LogP contribution is -2.15. The lowest BCUT2D eigenvalue weighted by molar-refractivity contribution is 0.402. The number of aryl methyl sites for hydroxylation is 2. The lowest BCUT2D eigenvalue weighted by atomic mass is 10.1. The fourth-order valence-corrected chi connectivity index (χ4v) is 3.39. The number of halogens is 1. The van der Waals surface area contributed by atoms with Crippen LogP contribution in [-0.2, 0) is 10.0 Å². The van der Waals surface area contributed by atoms with Gasteiger partial charge in [0.2, 0.25) is 0 Å². The first-order valence-electron chi connectivity index (χ1n) is 6.80. The Kier molecular flexibility index (Phi) is 4.79. The molecule has 0 fully saturated rings. The summed E-state index contributed by atoms with van der Waals surface area (Å²) < 4.78 is 51.3. The zero-order valence-electron chi connectivity index (χ0n) is 13.3. The van der Waals surface area contributed by atoms with E-state index in [-0.39, 0.29) is 22.1 Å². The van der Waals surface area contributed by atoms with E-state index in [1.54, 1.807) is 13.0 Å². The van der Waals surface area contributed by atoms with Crippen molar-refractivity contribution < 1.29 is 22.3 Å². The maximum atomic E-state index is 13.4. The highest BCUT2D eigenvalue weighted by Gasteiger charge is 2.22. The zero-order valence-corrected chi connectivity index (χ0v) is 14.1. The average molecular weight is 339 g/mol. The summed E-state index contributed by atoms with van der Waals surface area (Å²) in [5.41, 5.74) is 1.73. The quantitative estimate of drug-likeness (QED) is 0.908. The molecule has 0 heterocycles. The summed E-state index contributed by atoms with van der Waals surface area (Å²) in [7, 11) is -1.19. The molecule has 2 aromatic carbocycles. The summed E-state index contributed by atoms with van der Waals surface area (Å²) in [5, 5.41) is 0. The van der Waals surface area contributed by atoms with E-state index in [4.69, 9.17) is 9.47 Å². The van der Waals surface area contributed by atoms with E-state index < -0.39 is 15.8 Å². The monoisotopic (exact) mass is 339 g/mol. The van der Waals surface area contributed by atoms with Crippen molar-refractivity contribution in [3.8, 4) is 11.5 Å². The molecule has 5 nitrogen and oxygen atoms in total. The number of methoxy groups -OCH3 is 2. The number of sulfonamides is 1. The Morgan fingerprint density at radius 1 is 0.957 bits per heavy atom. The second-order valence-electron chi connectivity index (χ2n) is 5.04. The molecule has 2 aromatic rings. The molecule has 0 saturated heterocycles. The van der Waals surface area contributed by atoms with Crippen molar-refractivity contribution in [2.45, 2.75) is 18.7 Å². The number of nitrogens with one attached hydrogen (secondary N) is 1. The Labute approximate surface area is 135 Å². The molecular weight excluding hydrogens is 321 g/mol. The van der Waals surface area contributed by atoms with Crippen molar-refractivity contribution in [1.29, 1.82) is 0 Å². The maximum Gasteiger partial charge on any atom is 0.265 e. The van der Waals surface area contributed by atoms with Crippen LogP contribution in [0.25, 0.3) is 0 Å². The van der Waals surface area contributed by atoms with Gasteiger partial charge in [-0.15, -0.1) is 0 Å². The summed E-state index contributed by atoms with van der Waals surface area (Å²) in [6, 6.07) is 6.76. The molecule has 0 amide bonds. The van der Waals surface area contributed by atoms with Crippen LogP contribution in [0.15, 0.2) is 35.2 Å². The Balaban J connectivity index is 2.52. The standard InChI is InChI=1S/C16H18FNO4S/c1-10-7-15(22-4)16(8-11(10)2)23(19,20)18-13-9-12(17)5-6-14(13)21-3/h5-9,18H,1-4H3. The predicted octanol–water partition coefficient (Wildman–Crippen LogP) is 3.26. The Morgan fingerprint density at radius 3 is 2.17 bits per heavy atom. The van der Waals surface area contributed by atoms with Gasteiger partial charge in [-0.2, -0.15) is 0 Å². The molecule has 0 aliphatic heterocycles. The number of rotatable bonds is 5. The highest BCUT2D eigenvalue weighted by molar-refractivity contribution is 7.92. The fourth-order valence-electron chi connectivity index (χ4n) is 2.09. The number of hydrogen-bond acceptors (Lipinski definition) is 4. The normalized spacial score (nSPS) is 11.2. The third kappa shape index (κ3) is 3.56. The number of anilines is 1. The molecule has 2 rings (SSSR count). The van der Waals surface area contributed by atoms with Gasteiger partial charge in [0.1, 0.15) is 22.2 Å². The Morgan fingerprint density at radius 2 is 1.57 bits per heavy atom. The van der Waals surface area contributed by atoms with Gasteiger partial charge in [-0.1, -0.05) is 0 Å². The molecule has 0 aliphatic carbocycles. The second-order valence-corrected chi connectivity index (χ2v) is 6.69. The maximum absolute atomic E-state index is 13.4. The van der Waals surface area contributed by atoms with Crippen LogP contribution >= 0.6 is 0 Å². The van der Waals surface area contributed by atoms with Crippen LogP contribution in [0, 0.1) is 19.7 Å². The van der Waals surface area contributed by atoms with Crippen LogP contribution in [0.5, 0.6) is 11.5 Å². The lowest BCUT2D eigenvalue weighted by Gasteiger charge is -2.15. The second kappa shape index (κ2) is 6.45. The van der Waals surface area contributed by atoms with Gasteiger partial charge >= 0.3 is 0 Å².